The summed E-state index contributed by atoms with van der Waals surface area (Å²) in [6, 6.07) is 12.2. The van der Waals surface area contributed by atoms with Gasteiger partial charge in [0, 0.05) is 0 Å². The Morgan fingerprint density at radius 3 is 2.31 bits per heavy atom. The van der Waals surface area contributed by atoms with Crippen molar-refractivity contribution in [3.8, 4) is 5.75 Å². The van der Waals surface area contributed by atoms with Crippen molar-refractivity contribution in [1.29, 1.82) is 0 Å². The molecule has 134 valence electrons. The van der Waals surface area contributed by atoms with Crippen molar-refractivity contribution in [3.63, 3.8) is 0 Å². The SMILES string of the molecule is Cc1ccc(C2=C(O)C(=O)N(c3ccccc3OC(C)C)C2=O)cc1C. The monoisotopic (exact) mass is 351 g/mol. The molecule has 0 bridgehead atoms. The number of aliphatic hydroxyl groups is 1. The quantitative estimate of drug-likeness (QED) is 0.848. The summed E-state index contributed by atoms with van der Waals surface area (Å²) in [6.45, 7) is 7.60. The van der Waals surface area contributed by atoms with Gasteiger partial charge in [-0.05, 0) is 56.5 Å². The maximum Gasteiger partial charge on any atom is 0.301 e. The van der Waals surface area contributed by atoms with Gasteiger partial charge >= 0.3 is 5.91 Å². The number of carbonyl (C=O) groups excluding carboxylic acids is 2. The van der Waals surface area contributed by atoms with Gasteiger partial charge in [0.15, 0.2) is 5.76 Å². The third kappa shape index (κ3) is 2.96. The second-order valence-corrected chi connectivity index (χ2v) is 6.60. The molecule has 1 heterocycles. The molecule has 2 aromatic rings. The Hall–Kier alpha value is -3.08. The van der Waals surface area contributed by atoms with Crippen LogP contribution in [0.3, 0.4) is 0 Å². The van der Waals surface area contributed by atoms with Gasteiger partial charge in [0.2, 0.25) is 0 Å². The van der Waals surface area contributed by atoms with E-state index in [0.29, 0.717) is 17.0 Å². The van der Waals surface area contributed by atoms with Gasteiger partial charge in [-0.15, -0.1) is 0 Å². The van der Waals surface area contributed by atoms with E-state index >= 15 is 0 Å². The number of amides is 2. The summed E-state index contributed by atoms with van der Waals surface area (Å²) in [5.74, 6) is -1.44. The lowest BCUT2D eigenvalue weighted by atomic mass is 10.00. The average molecular weight is 351 g/mol. The number of hydrogen-bond acceptors (Lipinski definition) is 4. The first-order valence-corrected chi connectivity index (χ1v) is 8.46. The summed E-state index contributed by atoms with van der Waals surface area (Å²) in [7, 11) is 0. The van der Waals surface area contributed by atoms with Gasteiger partial charge in [-0.1, -0.05) is 30.3 Å². The van der Waals surface area contributed by atoms with Crippen molar-refractivity contribution in [2.24, 2.45) is 0 Å². The summed E-state index contributed by atoms with van der Waals surface area (Å²) >= 11 is 0. The highest BCUT2D eigenvalue weighted by atomic mass is 16.5. The van der Waals surface area contributed by atoms with E-state index in [9.17, 15) is 14.7 Å². The molecular weight excluding hydrogens is 330 g/mol. The molecule has 0 unspecified atom stereocenters. The number of rotatable bonds is 4. The Morgan fingerprint density at radius 1 is 0.962 bits per heavy atom. The van der Waals surface area contributed by atoms with E-state index in [4.69, 9.17) is 4.74 Å². The second-order valence-electron chi connectivity index (χ2n) is 6.60. The maximum absolute atomic E-state index is 13.0. The van der Waals surface area contributed by atoms with Gasteiger partial charge in [0.25, 0.3) is 5.91 Å². The van der Waals surface area contributed by atoms with Crippen molar-refractivity contribution < 1.29 is 19.4 Å². The molecule has 5 nitrogen and oxygen atoms in total. The normalized spacial score (nSPS) is 14.6. The van der Waals surface area contributed by atoms with Crippen molar-refractivity contribution in [2.75, 3.05) is 4.90 Å². The Bertz CT molecular complexity index is 927. The lowest BCUT2D eigenvalue weighted by Gasteiger charge is -2.20. The molecule has 2 amide bonds. The fraction of sp³-hybridized carbons (Fsp3) is 0.238. The standard InChI is InChI=1S/C21H21NO4/c1-12(2)26-17-8-6-5-7-16(17)22-20(24)18(19(23)21(22)25)15-10-9-13(3)14(4)11-15/h5-12,23H,1-4H3. The fourth-order valence-electron chi connectivity index (χ4n) is 2.89. The van der Waals surface area contributed by atoms with Crippen molar-refractivity contribution in [3.05, 3.63) is 64.9 Å². The smallest absolute Gasteiger partial charge is 0.301 e. The first-order chi connectivity index (χ1) is 12.3. The summed E-state index contributed by atoms with van der Waals surface area (Å²) in [5.41, 5.74) is 2.90. The van der Waals surface area contributed by atoms with Crippen molar-refractivity contribution in [2.45, 2.75) is 33.8 Å². The number of hydrogen-bond donors (Lipinski definition) is 1. The molecule has 0 saturated heterocycles. The average Bonchev–Trinajstić information content (AvgIpc) is 2.80. The van der Waals surface area contributed by atoms with Gasteiger partial charge in [-0.2, -0.15) is 0 Å². The Kier molecular flexibility index (Phi) is 4.55. The molecule has 1 aliphatic heterocycles. The molecule has 0 aliphatic carbocycles. The molecule has 3 rings (SSSR count). The molecule has 5 heteroatoms. The van der Waals surface area contributed by atoms with Crippen LogP contribution in [-0.2, 0) is 9.59 Å². The Balaban J connectivity index is 2.06. The topological polar surface area (TPSA) is 66.8 Å². The van der Waals surface area contributed by atoms with Crippen molar-refractivity contribution >= 4 is 23.1 Å². The van der Waals surface area contributed by atoms with Crippen LogP contribution in [0.15, 0.2) is 48.2 Å². The summed E-state index contributed by atoms with van der Waals surface area (Å²) in [6.07, 6.45) is -0.121. The van der Waals surface area contributed by atoms with Crippen LogP contribution < -0.4 is 9.64 Å². The minimum absolute atomic E-state index is 0.0115. The van der Waals surface area contributed by atoms with E-state index < -0.39 is 17.6 Å². The number of ether oxygens (including phenoxy) is 1. The second kappa shape index (κ2) is 6.67. The van der Waals surface area contributed by atoms with Crippen LogP contribution in [0, 0.1) is 13.8 Å². The molecular formula is C21H21NO4. The highest BCUT2D eigenvalue weighted by Gasteiger charge is 2.41. The molecule has 0 spiro atoms. The van der Waals surface area contributed by atoms with Crippen LogP contribution in [-0.4, -0.2) is 23.0 Å². The molecule has 26 heavy (non-hydrogen) atoms. The highest BCUT2D eigenvalue weighted by Crippen LogP contribution is 2.37. The molecule has 0 saturated carbocycles. The predicted molar refractivity (Wildman–Crippen MR) is 100 cm³/mol. The lowest BCUT2D eigenvalue weighted by Crippen LogP contribution is -2.32. The molecule has 2 aromatic carbocycles. The number of aryl methyl sites for hydroxylation is 2. The van der Waals surface area contributed by atoms with E-state index in [0.717, 1.165) is 16.0 Å². The minimum Gasteiger partial charge on any atom is -0.502 e. The zero-order valence-corrected chi connectivity index (χ0v) is 15.2. The number of aliphatic hydroxyl groups excluding tert-OH is 1. The van der Waals surface area contributed by atoms with Gasteiger partial charge in [0.05, 0.1) is 17.4 Å². The van der Waals surface area contributed by atoms with Crippen molar-refractivity contribution in [1.82, 2.24) is 0 Å². The predicted octanol–water partition coefficient (Wildman–Crippen LogP) is 3.93. The lowest BCUT2D eigenvalue weighted by molar-refractivity contribution is -0.121. The van der Waals surface area contributed by atoms with Crippen LogP contribution in [0.4, 0.5) is 5.69 Å². The third-order valence-electron chi connectivity index (χ3n) is 4.32. The van der Waals surface area contributed by atoms with E-state index in [-0.39, 0.29) is 11.7 Å². The highest BCUT2D eigenvalue weighted by molar-refractivity contribution is 6.45. The third-order valence-corrected chi connectivity index (χ3v) is 4.32. The van der Waals surface area contributed by atoms with E-state index in [1.807, 2.05) is 33.8 Å². The van der Waals surface area contributed by atoms with E-state index in [1.165, 1.54) is 0 Å². The van der Waals surface area contributed by atoms with E-state index in [1.54, 1.807) is 36.4 Å². The number of para-hydroxylation sites is 2. The van der Waals surface area contributed by atoms with Crippen LogP contribution in [0.1, 0.15) is 30.5 Å². The van der Waals surface area contributed by atoms with Gasteiger partial charge < -0.3 is 9.84 Å². The molecule has 0 fully saturated rings. The molecule has 0 aromatic heterocycles. The molecule has 0 atom stereocenters. The van der Waals surface area contributed by atoms with Gasteiger partial charge in [-0.25, -0.2) is 4.90 Å². The largest absolute Gasteiger partial charge is 0.502 e. The van der Waals surface area contributed by atoms with Gasteiger partial charge in [0.1, 0.15) is 5.75 Å². The van der Waals surface area contributed by atoms with Gasteiger partial charge in [-0.3, -0.25) is 9.59 Å². The zero-order chi connectivity index (χ0) is 19.0. The van der Waals surface area contributed by atoms with Crippen LogP contribution in [0.5, 0.6) is 5.75 Å². The fourth-order valence-corrected chi connectivity index (χ4v) is 2.89. The summed E-state index contributed by atoms with van der Waals surface area (Å²) < 4.78 is 5.72. The van der Waals surface area contributed by atoms with Crippen LogP contribution in [0.2, 0.25) is 0 Å². The minimum atomic E-state index is -0.747. The first-order valence-electron chi connectivity index (χ1n) is 8.46. The maximum atomic E-state index is 13.0. The number of anilines is 1. The summed E-state index contributed by atoms with van der Waals surface area (Å²) in [4.78, 5) is 26.6. The van der Waals surface area contributed by atoms with Crippen LogP contribution in [0.25, 0.3) is 5.57 Å². The molecule has 0 radical (unpaired) electrons. The number of imide groups is 1. The number of benzene rings is 2. The molecule has 1 N–H and O–H groups in total. The first kappa shape index (κ1) is 17.7. The Morgan fingerprint density at radius 2 is 1.65 bits per heavy atom. The zero-order valence-electron chi connectivity index (χ0n) is 15.2. The molecule has 1 aliphatic rings. The number of carbonyl (C=O) groups is 2. The number of nitrogens with zero attached hydrogens (tertiary/aromatic N) is 1. The summed E-state index contributed by atoms with van der Waals surface area (Å²) in [5, 5.41) is 10.4. The Labute approximate surface area is 152 Å². The van der Waals surface area contributed by atoms with Crippen LogP contribution >= 0.6 is 0 Å². The van der Waals surface area contributed by atoms with E-state index in [2.05, 4.69) is 0 Å².